The molecule has 0 fully saturated rings. The minimum absolute atomic E-state index is 0.0563. The van der Waals surface area contributed by atoms with Gasteiger partial charge in [0.1, 0.15) is 5.75 Å². The minimum atomic E-state index is -0.650. The van der Waals surface area contributed by atoms with E-state index < -0.39 is 4.92 Å². The molecule has 0 saturated heterocycles. The smallest absolute Gasteiger partial charge is 0.314 e. The highest BCUT2D eigenvalue weighted by Gasteiger charge is 2.14. The summed E-state index contributed by atoms with van der Waals surface area (Å²) in [6.45, 7) is 3.64. The summed E-state index contributed by atoms with van der Waals surface area (Å²) >= 11 is 0. The van der Waals surface area contributed by atoms with Crippen LogP contribution in [-0.4, -0.2) is 16.1 Å². The van der Waals surface area contributed by atoms with Gasteiger partial charge in [-0.25, -0.2) is 0 Å². The molecule has 1 rings (SSSR count). The third-order valence-corrected chi connectivity index (χ3v) is 1.52. The van der Waals surface area contributed by atoms with Crippen molar-refractivity contribution in [3.05, 3.63) is 28.3 Å². The zero-order valence-corrected chi connectivity index (χ0v) is 7.93. The fourth-order valence-electron chi connectivity index (χ4n) is 0.995. The van der Waals surface area contributed by atoms with Crippen molar-refractivity contribution < 1.29 is 14.8 Å². The molecule has 0 aliphatic carbocycles. The molecule has 76 valence electrons. The van der Waals surface area contributed by atoms with Crippen molar-refractivity contribution in [2.24, 2.45) is 0 Å². The number of nitro benzene ring substituents is 1. The molecule has 0 heterocycles. The van der Waals surface area contributed by atoms with Crippen LogP contribution in [0, 0.1) is 10.1 Å². The molecule has 0 saturated carbocycles. The molecule has 0 amide bonds. The van der Waals surface area contributed by atoms with Gasteiger partial charge in [-0.1, -0.05) is 0 Å². The Morgan fingerprint density at radius 1 is 1.50 bits per heavy atom. The Balaban J connectivity index is 3.00. The molecule has 5 heteroatoms. The second-order valence-electron chi connectivity index (χ2n) is 3.07. The van der Waals surface area contributed by atoms with E-state index in [1.807, 2.05) is 13.8 Å². The number of phenolic OH excluding ortho intramolecular Hbond substituents is 1. The van der Waals surface area contributed by atoms with Gasteiger partial charge in [0.25, 0.3) is 0 Å². The molecule has 0 aromatic heterocycles. The van der Waals surface area contributed by atoms with E-state index in [0.717, 1.165) is 0 Å². The number of hydrogen-bond donors (Lipinski definition) is 1. The van der Waals surface area contributed by atoms with Gasteiger partial charge in [-0.2, -0.15) is 0 Å². The van der Waals surface area contributed by atoms with Crippen LogP contribution in [-0.2, 0) is 0 Å². The number of benzene rings is 1. The average Bonchev–Trinajstić information content (AvgIpc) is 2.07. The van der Waals surface area contributed by atoms with Gasteiger partial charge in [0.05, 0.1) is 17.1 Å². The highest BCUT2D eigenvalue weighted by molar-refractivity contribution is 5.49. The van der Waals surface area contributed by atoms with E-state index in [0.29, 0.717) is 5.75 Å². The number of phenols is 1. The van der Waals surface area contributed by atoms with Crippen molar-refractivity contribution in [3.8, 4) is 11.5 Å². The molecule has 1 aromatic carbocycles. The first-order chi connectivity index (χ1) is 6.50. The summed E-state index contributed by atoms with van der Waals surface area (Å²) in [6, 6.07) is 3.94. The van der Waals surface area contributed by atoms with Crippen molar-refractivity contribution in [1.29, 1.82) is 0 Å². The third kappa shape index (κ3) is 2.35. The monoisotopic (exact) mass is 197 g/mol. The molecule has 0 aliphatic rings. The summed E-state index contributed by atoms with van der Waals surface area (Å²) in [6.07, 6.45) is -0.0563. The summed E-state index contributed by atoms with van der Waals surface area (Å²) in [5, 5.41) is 19.6. The number of aromatic hydroxyl groups is 1. The lowest BCUT2D eigenvalue weighted by Gasteiger charge is -2.09. The van der Waals surface area contributed by atoms with E-state index in [4.69, 9.17) is 9.84 Å². The molecule has 0 radical (unpaired) electrons. The van der Waals surface area contributed by atoms with Gasteiger partial charge in [-0.3, -0.25) is 10.1 Å². The predicted octanol–water partition coefficient (Wildman–Crippen LogP) is 2.09. The van der Waals surface area contributed by atoms with E-state index in [9.17, 15) is 10.1 Å². The standard InChI is InChI=1S/C9H11NO4/c1-6(2)14-7-3-4-9(11)8(5-7)10(12)13/h3-6,11H,1-2H3. The number of hydrogen-bond acceptors (Lipinski definition) is 4. The predicted molar refractivity (Wildman–Crippen MR) is 50.5 cm³/mol. The Morgan fingerprint density at radius 2 is 2.14 bits per heavy atom. The Labute approximate surface area is 81.1 Å². The lowest BCUT2D eigenvalue weighted by atomic mass is 10.3. The van der Waals surface area contributed by atoms with E-state index in [1.54, 1.807) is 0 Å². The number of ether oxygens (including phenoxy) is 1. The van der Waals surface area contributed by atoms with Gasteiger partial charge >= 0.3 is 5.69 Å². The van der Waals surface area contributed by atoms with Crippen molar-refractivity contribution in [2.45, 2.75) is 20.0 Å². The molecule has 0 unspecified atom stereocenters. The minimum Gasteiger partial charge on any atom is -0.502 e. The zero-order valence-electron chi connectivity index (χ0n) is 7.93. The molecule has 14 heavy (non-hydrogen) atoms. The van der Waals surface area contributed by atoms with Crippen LogP contribution in [0.5, 0.6) is 11.5 Å². The first-order valence-corrected chi connectivity index (χ1v) is 4.14. The Kier molecular flexibility index (Phi) is 2.91. The van der Waals surface area contributed by atoms with E-state index in [-0.39, 0.29) is 17.5 Å². The van der Waals surface area contributed by atoms with Gasteiger partial charge in [0.2, 0.25) is 0 Å². The quantitative estimate of drug-likeness (QED) is 0.594. The Morgan fingerprint density at radius 3 is 2.64 bits per heavy atom. The van der Waals surface area contributed by atoms with Crippen LogP contribution < -0.4 is 4.74 Å². The van der Waals surface area contributed by atoms with Crippen LogP contribution in [0.2, 0.25) is 0 Å². The van der Waals surface area contributed by atoms with E-state index in [1.165, 1.54) is 18.2 Å². The molecule has 1 N–H and O–H groups in total. The lowest BCUT2D eigenvalue weighted by molar-refractivity contribution is -0.385. The first kappa shape index (κ1) is 10.3. The van der Waals surface area contributed by atoms with Crippen LogP contribution in [0.15, 0.2) is 18.2 Å². The van der Waals surface area contributed by atoms with Gasteiger partial charge < -0.3 is 9.84 Å². The maximum absolute atomic E-state index is 10.4. The highest BCUT2D eigenvalue weighted by atomic mass is 16.6. The number of nitrogens with zero attached hydrogens (tertiary/aromatic N) is 1. The van der Waals surface area contributed by atoms with Crippen molar-refractivity contribution in [1.82, 2.24) is 0 Å². The highest BCUT2D eigenvalue weighted by Crippen LogP contribution is 2.29. The first-order valence-electron chi connectivity index (χ1n) is 4.14. The van der Waals surface area contributed by atoms with Crippen LogP contribution in [0.25, 0.3) is 0 Å². The average molecular weight is 197 g/mol. The zero-order chi connectivity index (χ0) is 10.7. The van der Waals surface area contributed by atoms with Gasteiger partial charge in [-0.15, -0.1) is 0 Å². The molecule has 0 bridgehead atoms. The summed E-state index contributed by atoms with van der Waals surface area (Å²) in [5.74, 6) is 0.0237. The second kappa shape index (κ2) is 3.95. The molecule has 1 aromatic rings. The summed E-state index contributed by atoms with van der Waals surface area (Å²) in [7, 11) is 0. The SMILES string of the molecule is CC(C)Oc1ccc(O)c([N+](=O)[O-])c1. The maximum atomic E-state index is 10.4. The van der Waals surface area contributed by atoms with Crippen molar-refractivity contribution >= 4 is 5.69 Å². The number of rotatable bonds is 3. The molecule has 0 aliphatic heterocycles. The van der Waals surface area contributed by atoms with E-state index in [2.05, 4.69) is 0 Å². The normalized spacial score (nSPS) is 10.2. The van der Waals surface area contributed by atoms with Gasteiger partial charge in [0.15, 0.2) is 5.75 Å². The van der Waals surface area contributed by atoms with Crippen LogP contribution >= 0.6 is 0 Å². The molecular weight excluding hydrogens is 186 g/mol. The van der Waals surface area contributed by atoms with Crippen LogP contribution in [0.1, 0.15) is 13.8 Å². The molecule has 5 nitrogen and oxygen atoms in total. The van der Waals surface area contributed by atoms with Crippen molar-refractivity contribution in [2.75, 3.05) is 0 Å². The summed E-state index contributed by atoms with van der Waals surface area (Å²) in [5.41, 5.74) is -0.344. The topological polar surface area (TPSA) is 72.6 Å². The largest absolute Gasteiger partial charge is 0.502 e. The lowest BCUT2D eigenvalue weighted by Crippen LogP contribution is -2.05. The van der Waals surface area contributed by atoms with E-state index >= 15 is 0 Å². The third-order valence-electron chi connectivity index (χ3n) is 1.52. The Hall–Kier alpha value is -1.78. The Bertz CT molecular complexity index is 349. The fourth-order valence-corrected chi connectivity index (χ4v) is 0.995. The molecule has 0 atom stereocenters. The van der Waals surface area contributed by atoms with Gasteiger partial charge in [-0.05, 0) is 26.0 Å². The second-order valence-corrected chi connectivity index (χ2v) is 3.07. The van der Waals surface area contributed by atoms with Crippen molar-refractivity contribution in [3.63, 3.8) is 0 Å². The fraction of sp³-hybridized carbons (Fsp3) is 0.333. The van der Waals surface area contributed by atoms with Crippen LogP contribution in [0.4, 0.5) is 5.69 Å². The summed E-state index contributed by atoms with van der Waals surface area (Å²) < 4.78 is 5.24. The maximum Gasteiger partial charge on any atom is 0.314 e. The number of nitro groups is 1. The van der Waals surface area contributed by atoms with Crippen LogP contribution in [0.3, 0.4) is 0 Å². The summed E-state index contributed by atoms with van der Waals surface area (Å²) in [4.78, 5) is 9.80. The molecule has 0 spiro atoms. The van der Waals surface area contributed by atoms with Gasteiger partial charge in [0, 0.05) is 0 Å². The molecular formula is C9H11NO4.